The monoisotopic (exact) mass is 246 g/mol. The van der Waals surface area contributed by atoms with Crippen molar-refractivity contribution in [3.63, 3.8) is 0 Å². The van der Waals surface area contributed by atoms with Gasteiger partial charge in [0.25, 0.3) is 0 Å². The van der Waals surface area contributed by atoms with Gasteiger partial charge in [0.05, 0.1) is 6.61 Å². The Kier molecular flexibility index (Phi) is 3.41. The minimum absolute atomic E-state index is 0.794. The summed E-state index contributed by atoms with van der Waals surface area (Å²) in [7, 11) is 2.20. The molecule has 1 saturated heterocycles. The predicted octanol–water partition coefficient (Wildman–Crippen LogP) is 2.06. The van der Waals surface area contributed by atoms with Gasteiger partial charge in [-0.25, -0.2) is 0 Å². The van der Waals surface area contributed by atoms with E-state index in [-0.39, 0.29) is 0 Å². The van der Waals surface area contributed by atoms with Crippen LogP contribution in [0.3, 0.4) is 0 Å². The first kappa shape index (κ1) is 11.8. The van der Waals surface area contributed by atoms with Gasteiger partial charge in [-0.3, -0.25) is 0 Å². The summed E-state index contributed by atoms with van der Waals surface area (Å²) in [5, 5.41) is 3.43. The van der Waals surface area contributed by atoms with Gasteiger partial charge in [-0.05, 0) is 62.0 Å². The summed E-state index contributed by atoms with van der Waals surface area (Å²) in [6.07, 6.45) is 3.60. The number of rotatable bonds is 3. The Balaban J connectivity index is 1.70. The van der Waals surface area contributed by atoms with Gasteiger partial charge in [0.15, 0.2) is 0 Å². The molecule has 0 aromatic heterocycles. The molecule has 3 rings (SSSR count). The zero-order valence-electron chi connectivity index (χ0n) is 11.1. The molecule has 1 unspecified atom stereocenters. The largest absolute Gasteiger partial charge is 0.493 e. The van der Waals surface area contributed by atoms with Crippen molar-refractivity contribution in [2.75, 3.05) is 38.2 Å². The van der Waals surface area contributed by atoms with E-state index in [4.69, 9.17) is 4.74 Å². The third kappa shape index (κ3) is 2.46. The number of nitrogens with one attached hydrogen (secondary N) is 1. The normalized spacial score (nSPS) is 22.4. The van der Waals surface area contributed by atoms with E-state index in [1.165, 1.54) is 30.8 Å². The van der Waals surface area contributed by atoms with E-state index < -0.39 is 0 Å². The Morgan fingerprint density at radius 1 is 1.44 bits per heavy atom. The van der Waals surface area contributed by atoms with E-state index in [1.54, 1.807) is 0 Å². The average molecular weight is 246 g/mol. The summed E-state index contributed by atoms with van der Waals surface area (Å²) in [5.74, 6) is 1.88. The first-order valence-corrected chi connectivity index (χ1v) is 7.00. The third-order valence-electron chi connectivity index (χ3n) is 4.03. The minimum Gasteiger partial charge on any atom is -0.493 e. The number of ether oxygens (including phenoxy) is 1. The molecule has 3 nitrogen and oxygen atoms in total. The van der Waals surface area contributed by atoms with E-state index in [0.717, 1.165) is 37.7 Å². The fourth-order valence-electron chi connectivity index (χ4n) is 2.95. The quantitative estimate of drug-likeness (QED) is 0.883. The maximum Gasteiger partial charge on any atom is 0.122 e. The molecule has 18 heavy (non-hydrogen) atoms. The summed E-state index contributed by atoms with van der Waals surface area (Å²) in [6.45, 7) is 4.36. The molecule has 1 aromatic carbocycles. The predicted molar refractivity (Wildman–Crippen MR) is 74.5 cm³/mol. The van der Waals surface area contributed by atoms with Crippen LogP contribution < -0.4 is 15.0 Å². The lowest BCUT2D eigenvalue weighted by Crippen LogP contribution is -2.26. The van der Waals surface area contributed by atoms with Crippen molar-refractivity contribution in [2.45, 2.75) is 19.3 Å². The fraction of sp³-hybridized carbons (Fsp3) is 0.600. The number of nitrogens with zero attached hydrogens (tertiary/aromatic N) is 1. The molecule has 0 amide bonds. The summed E-state index contributed by atoms with van der Waals surface area (Å²) in [5.41, 5.74) is 2.70. The first-order chi connectivity index (χ1) is 8.83. The van der Waals surface area contributed by atoms with E-state index in [1.807, 2.05) is 0 Å². The van der Waals surface area contributed by atoms with Crippen LogP contribution in [0.1, 0.15) is 18.4 Å². The molecule has 1 fully saturated rings. The molecule has 98 valence electrons. The fourth-order valence-corrected chi connectivity index (χ4v) is 2.95. The van der Waals surface area contributed by atoms with Crippen LogP contribution >= 0.6 is 0 Å². The highest BCUT2D eigenvalue weighted by atomic mass is 16.5. The Morgan fingerprint density at radius 3 is 3.22 bits per heavy atom. The number of aryl methyl sites for hydroxylation is 1. The molecule has 1 aromatic rings. The lowest BCUT2D eigenvalue weighted by molar-refractivity contribution is 0.288. The van der Waals surface area contributed by atoms with Crippen molar-refractivity contribution in [1.29, 1.82) is 0 Å². The van der Waals surface area contributed by atoms with Crippen molar-refractivity contribution in [3.8, 4) is 5.75 Å². The van der Waals surface area contributed by atoms with E-state index in [2.05, 4.69) is 35.5 Å². The standard InChI is InChI=1S/C15H22N2O/c1-17(11-12-6-7-16-10-12)14-4-5-15-13(9-14)3-2-8-18-15/h4-5,9,12,16H,2-3,6-8,10-11H2,1H3. The highest BCUT2D eigenvalue weighted by Crippen LogP contribution is 2.29. The van der Waals surface area contributed by atoms with Gasteiger partial charge in [-0.2, -0.15) is 0 Å². The van der Waals surface area contributed by atoms with E-state index in [9.17, 15) is 0 Å². The van der Waals surface area contributed by atoms with E-state index >= 15 is 0 Å². The number of anilines is 1. The van der Waals surface area contributed by atoms with Crippen LogP contribution in [0.5, 0.6) is 5.75 Å². The summed E-state index contributed by atoms with van der Waals surface area (Å²) in [6, 6.07) is 6.62. The second-order valence-electron chi connectivity index (χ2n) is 5.48. The molecule has 1 atom stereocenters. The molecule has 0 radical (unpaired) electrons. The lowest BCUT2D eigenvalue weighted by Gasteiger charge is -2.25. The number of benzene rings is 1. The first-order valence-electron chi connectivity index (χ1n) is 7.00. The van der Waals surface area contributed by atoms with Gasteiger partial charge >= 0.3 is 0 Å². The summed E-state index contributed by atoms with van der Waals surface area (Å²) in [4.78, 5) is 2.38. The smallest absolute Gasteiger partial charge is 0.122 e. The molecular formula is C15H22N2O. The highest BCUT2D eigenvalue weighted by Gasteiger charge is 2.17. The second-order valence-corrected chi connectivity index (χ2v) is 5.48. The number of hydrogen-bond donors (Lipinski definition) is 1. The maximum absolute atomic E-state index is 5.66. The lowest BCUT2D eigenvalue weighted by atomic mass is 10.0. The molecular weight excluding hydrogens is 224 g/mol. The van der Waals surface area contributed by atoms with Crippen LogP contribution in [-0.4, -0.2) is 33.3 Å². The van der Waals surface area contributed by atoms with Crippen molar-refractivity contribution in [1.82, 2.24) is 5.32 Å². The molecule has 2 aliphatic heterocycles. The second kappa shape index (κ2) is 5.19. The minimum atomic E-state index is 0.794. The SMILES string of the molecule is CN(CC1CCNC1)c1ccc2c(c1)CCCO2. The summed E-state index contributed by atoms with van der Waals surface area (Å²) < 4.78 is 5.66. The van der Waals surface area contributed by atoms with Gasteiger partial charge in [-0.15, -0.1) is 0 Å². The molecule has 0 spiro atoms. The molecule has 0 bridgehead atoms. The molecule has 2 heterocycles. The number of fused-ring (bicyclic) bond motifs is 1. The van der Waals surface area contributed by atoms with Gasteiger partial charge in [0, 0.05) is 19.3 Å². The maximum atomic E-state index is 5.66. The molecule has 3 heteroatoms. The molecule has 0 aliphatic carbocycles. The van der Waals surface area contributed by atoms with Crippen LogP contribution in [0, 0.1) is 5.92 Å². The van der Waals surface area contributed by atoms with Gasteiger partial charge in [0.2, 0.25) is 0 Å². The molecule has 0 saturated carbocycles. The Morgan fingerprint density at radius 2 is 2.39 bits per heavy atom. The van der Waals surface area contributed by atoms with Crippen molar-refractivity contribution >= 4 is 5.69 Å². The highest BCUT2D eigenvalue weighted by molar-refractivity contribution is 5.53. The van der Waals surface area contributed by atoms with Gasteiger partial charge in [0.1, 0.15) is 5.75 Å². The van der Waals surface area contributed by atoms with Crippen LogP contribution in [0.25, 0.3) is 0 Å². The van der Waals surface area contributed by atoms with Crippen LogP contribution in [0.15, 0.2) is 18.2 Å². The van der Waals surface area contributed by atoms with Crippen LogP contribution in [0.4, 0.5) is 5.69 Å². The third-order valence-corrected chi connectivity index (χ3v) is 4.03. The van der Waals surface area contributed by atoms with Crippen LogP contribution in [-0.2, 0) is 6.42 Å². The molecule has 2 aliphatic rings. The van der Waals surface area contributed by atoms with Crippen molar-refractivity contribution in [2.24, 2.45) is 5.92 Å². The Labute approximate surface area is 109 Å². The topological polar surface area (TPSA) is 24.5 Å². The Bertz CT molecular complexity index is 413. The van der Waals surface area contributed by atoms with Crippen molar-refractivity contribution in [3.05, 3.63) is 23.8 Å². The zero-order chi connectivity index (χ0) is 12.4. The van der Waals surface area contributed by atoms with Gasteiger partial charge in [-0.1, -0.05) is 0 Å². The zero-order valence-corrected chi connectivity index (χ0v) is 11.1. The summed E-state index contributed by atoms with van der Waals surface area (Å²) >= 11 is 0. The molecule has 1 N–H and O–H groups in total. The van der Waals surface area contributed by atoms with Crippen molar-refractivity contribution < 1.29 is 4.74 Å². The van der Waals surface area contributed by atoms with Crippen LogP contribution in [0.2, 0.25) is 0 Å². The number of hydrogen-bond acceptors (Lipinski definition) is 3. The Hall–Kier alpha value is -1.22. The van der Waals surface area contributed by atoms with Gasteiger partial charge < -0.3 is 15.0 Å². The average Bonchev–Trinajstić information content (AvgIpc) is 2.91. The van der Waals surface area contributed by atoms with E-state index in [0.29, 0.717) is 0 Å².